The zero-order valence-electron chi connectivity index (χ0n) is 12.8. The van der Waals surface area contributed by atoms with Crippen LogP contribution in [0.2, 0.25) is 0 Å². The van der Waals surface area contributed by atoms with Gasteiger partial charge >= 0.3 is 0 Å². The summed E-state index contributed by atoms with van der Waals surface area (Å²) in [4.78, 5) is 21.2. The summed E-state index contributed by atoms with van der Waals surface area (Å²) in [5, 5.41) is 3.17. The van der Waals surface area contributed by atoms with Crippen molar-refractivity contribution in [2.45, 2.75) is 32.2 Å². The molecule has 0 bridgehead atoms. The molecule has 1 amide bonds. The van der Waals surface area contributed by atoms with Crippen LogP contribution in [0.1, 0.15) is 22.6 Å². The van der Waals surface area contributed by atoms with E-state index >= 15 is 0 Å². The van der Waals surface area contributed by atoms with Crippen LogP contribution in [0.5, 0.6) is 0 Å². The highest BCUT2D eigenvalue weighted by atomic mass is 32.1. The van der Waals surface area contributed by atoms with Gasteiger partial charge in [-0.15, -0.1) is 11.3 Å². The van der Waals surface area contributed by atoms with Gasteiger partial charge in [0, 0.05) is 35.1 Å². The van der Waals surface area contributed by atoms with Crippen LogP contribution in [0, 0.1) is 6.92 Å². The fourth-order valence-electron chi connectivity index (χ4n) is 2.86. The number of carbonyl (C=O) groups excluding carboxylic acids is 1. The molecule has 3 heterocycles. The number of hydrogen-bond donors (Lipinski definition) is 1. The lowest BCUT2D eigenvalue weighted by atomic mass is 10.1. The third kappa shape index (κ3) is 3.85. The first kappa shape index (κ1) is 15.0. The Balaban J connectivity index is 1.55. The zero-order valence-corrected chi connectivity index (χ0v) is 13.6. The molecule has 0 aliphatic carbocycles. The van der Waals surface area contributed by atoms with Crippen molar-refractivity contribution < 1.29 is 4.79 Å². The topological polar surface area (TPSA) is 45.2 Å². The van der Waals surface area contributed by atoms with Crippen LogP contribution < -0.4 is 10.2 Å². The molecule has 1 N–H and O–H groups in total. The summed E-state index contributed by atoms with van der Waals surface area (Å²) >= 11 is 1.69. The van der Waals surface area contributed by atoms with Crippen LogP contribution in [-0.4, -0.2) is 30.0 Å². The van der Waals surface area contributed by atoms with Gasteiger partial charge in [0.05, 0.1) is 6.42 Å². The highest BCUT2D eigenvalue weighted by molar-refractivity contribution is 7.12. The first-order valence-electron chi connectivity index (χ1n) is 7.71. The van der Waals surface area contributed by atoms with E-state index < -0.39 is 0 Å². The molecule has 5 heteroatoms. The van der Waals surface area contributed by atoms with Crippen molar-refractivity contribution in [1.82, 2.24) is 10.3 Å². The number of amides is 1. The van der Waals surface area contributed by atoms with Gasteiger partial charge in [-0.25, -0.2) is 4.98 Å². The molecule has 1 atom stereocenters. The van der Waals surface area contributed by atoms with Gasteiger partial charge in [0.1, 0.15) is 5.82 Å². The average Bonchev–Trinajstić information content (AvgIpc) is 2.93. The molecule has 0 radical (unpaired) electrons. The number of aryl methyl sites for hydroxylation is 1. The molecule has 22 heavy (non-hydrogen) atoms. The average molecular weight is 315 g/mol. The molecule has 3 rings (SSSR count). The summed E-state index contributed by atoms with van der Waals surface area (Å²) in [6, 6.07) is 10.3. The minimum atomic E-state index is 0.120. The molecular weight excluding hydrogens is 294 g/mol. The van der Waals surface area contributed by atoms with E-state index in [0.29, 0.717) is 6.42 Å². The molecule has 1 aliphatic heterocycles. The van der Waals surface area contributed by atoms with Crippen LogP contribution in [0.25, 0.3) is 0 Å². The van der Waals surface area contributed by atoms with E-state index in [9.17, 15) is 4.79 Å². The maximum atomic E-state index is 12.2. The second-order valence-electron chi connectivity index (χ2n) is 5.73. The summed E-state index contributed by atoms with van der Waals surface area (Å²) in [6.07, 6.45) is 4.42. The highest BCUT2D eigenvalue weighted by Gasteiger charge is 2.22. The molecule has 1 unspecified atom stereocenters. The van der Waals surface area contributed by atoms with Crippen molar-refractivity contribution in [3.05, 3.63) is 46.3 Å². The second-order valence-corrected chi connectivity index (χ2v) is 7.10. The standard InChI is InChI=1S/C17H21N3OS/c1-13-7-8-15(22-13)11-17(21)19-14-5-4-10-20(12-14)16-6-2-3-9-18-16/h2-3,6-9,14H,4-5,10-12H2,1H3,(H,19,21). The van der Waals surface area contributed by atoms with Crippen molar-refractivity contribution in [2.24, 2.45) is 0 Å². The van der Waals surface area contributed by atoms with E-state index in [2.05, 4.69) is 28.2 Å². The molecular formula is C17H21N3OS. The van der Waals surface area contributed by atoms with Crippen LogP contribution in [0.4, 0.5) is 5.82 Å². The zero-order chi connectivity index (χ0) is 15.4. The molecule has 1 fully saturated rings. The minimum Gasteiger partial charge on any atom is -0.355 e. The van der Waals surface area contributed by atoms with E-state index in [1.54, 1.807) is 11.3 Å². The predicted molar refractivity (Wildman–Crippen MR) is 90.4 cm³/mol. The van der Waals surface area contributed by atoms with E-state index in [1.807, 2.05) is 30.5 Å². The fourth-order valence-corrected chi connectivity index (χ4v) is 3.75. The number of thiophene rings is 1. The third-order valence-electron chi connectivity index (χ3n) is 3.89. The number of nitrogens with one attached hydrogen (secondary N) is 1. The predicted octanol–water partition coefficient (Wildman–Crippen LogP) is 2.78. The van der Waals surface area contributed by atoms with Gasteiger partial charge in [0.2, 0.25) is 5.91 Å². The second kappa shape index (κ2) is 6.92. The maximum absolute atomic E-state index is 12.2. The Bertz CT molecular complexity index is 626. The minimum absolute atomic E-state index is 0.120. The first-order chi connectivity index (χ1) is 10.7. The Hall–Kier alpha value is -1.88. The van der Waals surface area contributed by atoms with Crippen LogP contribution in [0.15, 0.2) is 36.5 Å². The Morgan fingerprint density at radius 3 is 3.05 bits per heavy atom. The monoisotopic (exact) mass is 315 g/mol. The van der Waals surface area contributed by atoms with Crippen molar-refractivity contribution >= 4 is 23.1 Å². The van der Waals surface area contributed by atoms with Gasteiger partial charge in [0.25, 0.3) is 0 Å². The number of carbonyl (C=O) groups is 1. The Morgan fingerprint density at radius 2 is 2.32 bits per heavy atom. The van der Waals surface area contributed by atoms with Gasteiger partial charge in [-0.3, -0.25) is 4.79 Å². The number of anilines is 1. The molecule has 0 spiro atoms. The number of pyridine rings is 1. The van der Waals surface area contributed by atoms with E-state index in [0.717, 1.165) is 36.6 Å². The largest absolute Gasteiger partial charge is 0.355 e. The number of nitrogens with zero attached hydrogens (tertiary/aromatic N) is 2. The van der Waals surface area contributed by atoms with Gasteiger partial charge in [-0.1, -0.05) is 6.07 Å². The quantitative estimate of drug-likeness (QED) is 0.943. The third-order valence-corrected chi connectivity index (χ3v) is 4.89. The van der Waals surface area contributed by atoms with Crippen LogP contribution >= 0.6 is 11.3 Å². The van der Waals surface area contributed by atoms with Crippen molar-refractivity contribution in [3.8, 4) is 0 Å². The summed E-state index contributed by atoms with van der Waals surface area (Å²) in [7, 11) is 0. The molecule has 2 aromatic rings. The smallest absolute Gasteiger partial charge is 0.225 e. The van der Waals surface area contributed by atoms with Gasteiger partial charge in [0.15, 0.2) is 0 Å². The van der Waals surface area contributed by atoms with Crippen molar-refractivity contribution in [2.75, 3.05) is 18.0 Å². The van der Waals surface area contributed by atoms with Gasteiger partial charge in [-0.05, 0) is 44.0 Å². The van der Waals surface area contributed by atoms with Crippen LogP contribution in [0.3, 0.4) is 0 Å². The van der Waals surface area contributed by atoms with E-state index in [-0.39, 0.29) is 11.9 Å². The van der Waals surface area contributed by atoms with Crippen LogP contribution in [-0.2, 0) is 11.2 Å². The fraction of sp³-hybridized carbons (Fsp3) is 0.412. The molecule has 116 valence electrons. The lowest BCUT2D eigenvalue weighted by Gasteiger charge is -2.33. The molecule has 1 aliphatic rings. The molecule has 0 saturated carbocycles. The Morgan fingerprint density at radius 1 is 1.41 bits per heavy atom. The lowest BCUT2D eigenvalue weighted by Crippen LogP contribution is -2.48. The normalized spacial score (nSPS) is 18.2. The highest BCUT2D eigenvalue weighted by Crippen LogP contribution is 2.18. The summed E-state index contributed by atoms with van der Waals surface area (Å²) in [6.45, 7) is 3.91. The SMILES string of the molecule is Cc1ccc(CC(=O)NC2CCCN(c3ccccn3)C2)s1. The van der Waals surface area contributed by atoms with E-state index in [4.69, 9.17) is 0 Å². The molecule has 2 aromatic heterocycles. The Kier molecular flexibility index (Phi) is 4.73. The van der Waals surface area contributed by atoms with Crippen molar-refractivity contribution in [1.29, 1.82) is 0 Å². The summed E-state index contributed by atoms with van der Waals surface area (Å²) in [5.74, 6) is 1.12. The Labute approximate surface area is 135 Å². The number of aromatic nitrogens is 1. The lowest BCUT2D eigenvalue weighted by molar-refractivity contribution is -0.121. The number of rotatable bonds is 4. The van der Waals surface area contributed by atoms with Crippen molar-refractivity contribution in [3.63, 3.8) is 0 Å². The number of hydrogen-bond acceptors (Lipinski definition) is 4. The van der Waals surface area contributed by atoms with Gasteiger partial charge < -0.3 is 10.2 Å². The van der Waals surface area contributed by atoms with Gasteiger partial charge in [-0.2, -0.15) is 0 Å². The molecule has 0 aromatic carbocycles. The van der Waals surface area contributed by atoms with E-state index in [1.165, 1.54) is 4.88 Å². The number of piperidine rings is 1. The first-order valence-corrected chi connectivity index (χ1v) is 8.53. The summed E-state index contributed by atoms with van der Waals surface area (Å²) in [5.41, 5.74) is 0. The summed E-state index contributed by atoms with van der Waals surface area (Å²) < 4.78 is 0. The molecule has 4 nitrogen and oxygen atoms in total. The molecule has 1 saturated heterocycles. The maximum Gasteiger partial charge on any atom is 0.225 e.